The predicted octanol–water partition coefficient (Wildman–Crippen LogP) is 4.08. The van der Waals surface area contributed by atoms with Crippen LogP contribution in [-0.2, 0) is 4.79 Å². The van der Waals surface area contributed by atoms with Crippen LogP contribution in [0.25, 0.3) is 16.7 Å². The minimum Gasteiger partial charge on any atom is -0.361 e. The second-order valence-electron chi connectivity index (χ2n) is 5.97. The maximum atomic E-state index is 12.2. The van der Waals surface area contributed by atoms with Crippen molar-refractivity contribution in [3.63, 3.8) is 0 Å². The van der Waals surface area contributed by atoms with Gasteiger partial charge in [0, 0.05) is 23.0 Å². The van der Waals surface area contributed by atoms with E-state index in [1.807, 2.05) is 48.5 Å². The molecule has 4 nitrogen and oxygen atoms in total. The zero-order valence-corrected chi connectivity index (χ0v) is 13.9. The number of imide groups is 1. The van der Waals surface area contributed by atoms with Crippen LogP contribution in [-0.4, -0.2) is 11.8 Å². The van der Waals surface area contributed by atoms with Gasteiger partial charge in [0.05, 0.1) is 5.57 Å². The second-order valence-corrected chi connectivity index (χ2v) is 5.97. The molecule has 0 bridgehead atoms. The van der Waals surface area contributed by atoms with Gasteiger partial charge in [-0.1, -0.05) is 60.7 Å². The Morgan fingerprint density at radius 1 is 0.654 bits per heavy atom. The molecule has 0 atom stereocenters. The molecule has 4 heteroatoms. The lowest BCUT2D eigenvalue weighted by atomic mass is 9.95. The van der Waals surface area contributed by atoms with Crippen LogP contribution in [0.5, 0.6) is 0 Å². The first-order valence-electron chi connectivity index (χ1n) is 8.29. The van der Waals surface area contributed by atoms with E-state index in [0.717, 1.165) is 16.8 Å². The molecule has 0 saturated carbocycles. The minimum atomic E-state index is -0.401. The quantitative estimate of drug-likeness (QED) is 0.558. The molecular weight excluding hydrogens is 324 g/mol. The highest BCUT2D eigenvalue weighted by atomic mass is 16.2. The molecule has 0 aliphatic carbocycles. The van der Waals surface area contributed by atoms with Gasteiger partial charge in [-0.05, 0) is 29.3 Å². The van der Waals surface area contributed by atoms with Gasteiger partial charge in [-0.25, -0.2) is 0 Å². The van der Waals surface area contributed by atoms with E-state index >= 15 is 0 Å². The highest BCUT2D eigenvalue weighted by Crippen LogP contribution is 2.25. The average Bonchev–Trinajstić information content (AvgIpc) is 2.69. The Balaban J connectivity index is 1.59. The summed E-state index contributed by atoms with van der Waals surface area (Å²) in [5, 5.41) is 5.51. The van der Waals surface area contributed by atoms with Crippen LogP contribution in [0.4, 0.5) is 5.69 Å². The van der Waals surface area contributed by atoms with E-state index in [1.165, 1.54) is 0 Å². The Morgan fingerprint density at radius 2 is 1.27 bits per heavy atom. The molecule has 1 heterocycles. The lowest BCUT2D eigenvalue weighted by Crippen LogP contribution is -2.36. The van der Waals surface area contributed by atoms with Gasteiger partial charge >= 0.3 is 0 Å². The summed E-state index contributed by atoms with van der Waals surface area (Å²) >= 11 is 0. The third-order valence-electron chi connectivity index (χ3n) is 4.31. The van der Waals surface area contributed by atoms with Crippen molar-refractivity contribution in [3.8, 4) is 11.1 Å². The number of hydrogen-bond donors (Lipinski definition) is 2. The van der Waals surface area contributed by atoms with Crippen molar-refractivity contribution in [2.24, 2.45) is 0 Å². The third-order valence-corrected chi connectivity index (χ3v) is 4.31. The van der Waals surface area contributed by atoms with Crippen LogP contribution in [0.2, 0.25) is 0 Å². The summed E-state index contributed by atoms with van der Waals surface area (Å²) in [4.78, 5) is 24.1. The van der Waals surface area contributed by atoms with E-state index in [9.17, 15) is 9.59 Å². The first-order valence-corrected chi connectivity index (χ1v) is 8.29. The van der Waals surface area contributed by atoms with Crippen molar-refractivity contribution < 1.29 is 9.59 Å². The molecule has 0 aromatic heterocycles. The maximum Gasteiger partial charge on any atom is 0.260 e. The molecular formula is C22H16N2O2. The monoisotopic (exact) mass is 340 g/mol. The molecule has 4 rings (SSSR count). The van der Waals surface area contributed by atoms with Crippen molar-refractivity contribution in [2.45, 2.75) is 0 Å². The van der Waals surface area contributed by atoms with Gasteiger partial charge in [0.15, 0.2) is 0 Å². The lowest BCUT2D eigenvalue weighted by molar-refractivity contribution is -0.114. The summed E-state index contributed by atoms with van der Waals surface area (Å²) in [6.45, 7) is 0. The van der Waals surface area contributed by atoms with Crippen molar-refractivity contribution >= 4 is 23.1 Å². The van der Waals surface area contributed by atoms with E-state index in [4.69, 9.17) is 0 Å². The van der Waals surface area contributed by atoms with Gasteiger partial charge in [0.1, 0.15) is 0 Å². The van der Waals surface area contributed by atoms with E-state index in [-0.39, 0.29) is 5.91 Å². The van der Waals surface area contributed by atoms with Crippen LogP contribution < -0.4 is 10.6 Å². The van der Waals surface area contributed by atoms with E-state index < -0.39 is 5.91 Å². The Hall–Kier alpha value is -3.66. The number of fused-ring (bicyclic) bond motifs is 1. The number of carbonyl (C=O) groups excluding carboxylic acids is 2. The Kier molecular flexibility index (Phi) is 4.07. The fraction of sp³-hybridized carbons (Fsp3) is 0. The largest absolute Gasteiger partial charge is 0.361 e. The molecule has 126 valence electrons. The first-order chi connectivity index (χ1) is 12.7. The normalized spacial score (nSPS) is 14.7. The van der Waals surface area contributed by atoms with Crippen LogP contribution >= 0.6 is 0 Å². The summed E-state index contributed by atoms with van der Waals surface area (Å²) in [6, 6.07) is 25.2. The summed E-state index contributed by atoms with van der Waals surface area (Å²) in [5.74, 6) is -0.767. The number of benzene rings is 3. The van der Waals surface area contributed by atoms with Crippen LogP contribution in [0.1, 0.15) is 15.9 Å². The molecule has 3 aromatic rings. The van der Waals surface area contributed by atoms with Crippen LogP contribution in [0.3, 0.4) is 0 Å². The van der Waals surface area contributed by atoms with Gasteiger partial charge in [0.25, 0.3) is 11.8 Å². The molecule has 0 unspecified atom stereocenters. The zero-order chi connectivity index (χ0) is 17.9. The van der Waals surface area contributed by atoms with Gasteiger partial charge in [-0.15, -0.1) is 0 Å². The fourth-order valence-corrected chi connectivity index (χ4v) is 2.96. The Bertz CT molecular complexity index is 1010. The summed E-state index contributed by atoms with van der Waals surface area (Å²) in [6.07, 6.45) is 1.64. The summed E-state index contributed by atoms with van der Waals surface area (Å²) < 4.78 is 0. The SMILES string of the molecule is O=C1NC(=O)c2ccccc2/C1=C/Nc1ccc(-c2ccccc2)cc1. The average molecular weight is 340 g/mol. The van der Waals surface area contributed by atoms with Crippen molar-refractivity contribution in [3.05, 3.63) is 96.2 Å². The Labute approximate surface area is 151 Å². The van der Waals surface area contributed by atoms with Gasteiger partial charge < -0.3 is 5.32 Å². The molecule has 2 amide bonds. The summed E-state index contributed by atoms with van der Waals surface area (Å²) in [5.41, 5.74) is 4.70. The van der Waals surface area contributed by atoms with Crippen molar-refractivity contribution in [1.82, 2.24) is 5.32 Å². The number of anilines is 1. The van der Waals surface area contributed by atoms with Crippen LogP contribution in [0, 0.1) is 0 Å². The standard InChI is InChI=1S/C22H16N2O2/c25-21-19-9-5-4-8-18(19)20(22(26)24-21)14-23-17-12-10-16(11-13-17)15-6-2-1-3-7-15/h1-14,23H,(H,24,25,26)/b20-14-. The minimum absolute atomic E-state index is 0.366. The molecule has 0 fully saturated rings. The number of nitrogens with one attached hydrogen (secondary N) is 2. The molecule has 2 N–H and O–H groups in total. The van der Waals surface area contributed by atoms with Crippen molar-refractivity contribution in [2.75, 3.05) is 5.32 Å². The molecule has 1 aliphatic heterocycles. The molecule has 0 spiro atoms. The molecule has 1 aliphatic rings. The highest BCUT2D eigenvalue weighted by molar-refractivity contribution is 6.31. The topological polar surface area (TPSA) is 58.2 Å². The zero-order valence-electron chi connectivity index (χ0n) is 13.9. The smallest absolute Gasteiger partial charge is 0.260 e. The molecule has 0 radical (unpaired) electrons. The fourth-order valence-electron chi connectivity index (χ4n) is 2.96. The second kappa shape index (κ2) is 6.69. The number of carbonyl (C=O) groups is 2. The molecule has 0 saturated heterocycles. The van der Waals surface area contributed by atoms with E-state index in [1.54, 1.807) is 24.4 Å². The maximum absolute atomic E-state index is 12.2. The number of rotatable bonds is 3. The molecule has 26 heavy (non-hydrogen) atoms. The first kappa shape index (κ1) is 15.8. The van der Waals surface area contributed by atoms with Crippen molar-refractivity contribution in [1.29, 1.82) is 0 Å². The van der Waals surface area contributed by atoms with Crippen LogP contribution in [0.15, 0.2) is 85.1 Å². The lowest BCUT2D eigenvalue weighted by Gasteiger charge is -2.18. The number of hydrogen-bond acceptors (Lipinski definition) is 3. The third kappa shape index (κ3) is 3.00. The highest BCUT2D eigenvalue weighted by Gasteiger charge is 2.26. The van der Waals surface area contributed by atoms with Gasteiger partial charge in [-0.3, -0.25) is 14.9 Å². The van der Waals surface area contributed by atoms with Gasteiger partial charge in [0.2, 0.25) is 0 Å². The van der Waals surface area contributed by atoms with E-state index in [0.29, 0.717) is 16.7 Å². The Morgan fingerprint density at radius 3 is 2.00 bits per heavy atom. The van der Waals surface area contributed by atoms with Gasteiger partial charge in [-0.2, -0.15) is 0 Å². The van der Waals surface area contributed by atoms with E-state index in [2.05, 4.69) is 22.8 Å². The predicted molar refractivity (Wildman–Crippen MR) is 102 cm³/mol. The summed E-state index contributed by atoms with van der Waals surface area (Å²) in [7, 11) is 0. The molecule has 3 aromatic carbocycles. The number of amides is 2.